The average molecular weight is 375 g/mol. The van der Waals surface area contributed by atoms with E-state index >= 15 is 0 Å². The van der Waals surface area contributed by atoms with Crippen molar-refractivity contribution < 1.29 is 24.2 Å². The fraction of sp³-hybridized carbons (Fsp3) is 0.474. The number of hydrogen-bond acceptors (Lipinski definition) is 5. The Morgan fingerprint density at radius 2 is 1.85 bits per heavy atom. The molecule has 1 aromatic rings. The molecule has 0 saturated heterocycles. The van der Waals surface area contributed by atoms with Crippen LogP contribution in [0, 0.1) is 17.2 Å². The van der Waals surface area contributed by atoms with Gasteiger partial charge in [0.05, 0.1) is 6.07 Å². The van der Waals surface area contributed by atoms with E-state index in [0.29, 0.717) is 6.42 Å². The molecule has 3 N–H and O–H groups in total. The van der Waals surface area contributed by atoms with Crippen LogP contribution in [-0.4, -0.2) is 35.2 Å². The van der Waals surface area contributed by atoms with Gasteiger partial charge >= 0.3 is 12.1 Å². The Morgan fingerprint density at radius 1 is 1.19 bits per heavy atom. The first-order valence-corrected chi connectivity index (χ1v) is 8.72. The molecule has 2 atom stereocenters. The Bertz CT molecular complexity index is 670. The number of amides is 2. The lowest BCUT2D eigenvalue weighted by atomic mass is 10.0. The maximum atomic E-state index is 12.4. The molecule has 1 aromatic carbocycles. The number of nitrogens with one attached hydrogen (secondary N) is 2. The monoisotopic (exact) mass is 375 g/mol. The molecule has 8 heteroatoms. The lowest BCUT2D eigenvalue weighted by Gasteiger charge is -2.23. The highest BCUT2D eigenvalue weighted by molar-refractivity contribution is 5.89. The van der Waals surface area contributed by atoms with E-state index in [2.05, 4.69) is 10.6 Å². The summed E-state index contributed by atoms with van der Waals surface area (Å²) in [5.74, 6) is -2.07. The van der Waals surface area contributed by atoms with Gasteiger partial charge in [-0.25, -0.2) is 9.59 Å². The first-order chi connectivity index (χ1) is 12.8. The molecule has 0 radical (unpaired) electrons. The van der Waals surface area contributed by atoms with Crippen LogP contribution in [0.4, 0.5) is 4.79 Å². The summed E-state index contributed by atoms with van der Waals surface area (Å²) in [5.41, 5.74) is 0.807. The molecule has 0 spiro atoms. The van der Waals surface area contributed by atoms with Gasteiger partial charge in [0.2, 0.25) is 5.91 Å². The molecular weight excluding hydrogens is 350 g/mol. The topological polar surface area (TPSA) is 129 Å². The van der Waals surface area contributed by atoms with Crippen LogP contribution in [0.15, 0.2) is 30.3 Å². The molecule has 0 aliphatic heterocycles. The molecule has 0 aliphatic carbocycles. The van der Waals surface area contributed by atoms with Gasteiger partial charge in [0.15, 0.2) is 0 Å². The number of carboxylic acids is 1. The van der Waals surface area contributed by atoms with Crippen molar-refractivity contribution in [3.8, 4) is 6.07 Å². The Kier molecular flexibility index (Phi) is 9.37. The number of alkyl carbamates (subject to hydrolysis) is 1. The zero-order valence-electron chi connectivity index (χ0n) is 15.5. The highest BCUT2D eigenvalue weighted by Crippen LogP contribution is 2.07. The Morgan fingerprint density at radius 3 is 2.41 bits per heavy atom. The van der Waals surface area contributed by atoms with Gasteiger partial charge in [-0.2, -0.15) is 5.26 Å². The minimum absolute atomic E-state index is 0.0605. The number of carbonyl (C=O) groups is 3. The molecule has 8 nitrogen and oxygen atoms in total. The zero-order valence-corrected chi connectivity index (χ0v) is 15.5. The average Bonchev–Trinajstić information content (AvgIpc) is 2.64. The smallest absolute Gasteiger partial charge is 0.408 e. The van der Waals surface area contributed by atoms with Crippen LogP contribution in [0.1, 0.15) is 38.7 Å². The third-order valence-corrected chi connectivity index (χ3v) is 3.83. The quantitative estimate of drug-likeness (QED) is 0.538. The normalized spacial score (nSPS) is 12.5. The molecule has 0 fully saturated rings. The second kappa shape index (κ2) is 11.5. The van der Waals surface area contributed by atoms with Crippen LogP contribution >= 0.6 is 0 Å². The zero-order chi connectivity index (χ0) is 20.2. The van der Waals surface area contributed by atoms with Gasteiger partial charge < -0.3 is 20.5 Å². The van der Waals surface area contributed by atoms with E-state index in [1.54, 1.807) is 26.0 Å². The van der Waals surface area contributed by atoms with Crippen molar-refractivity contribution in [1.82, 2.24) is 10.6 Å². The van der Waals surface area contributed by atoms with Crippen LogP contribution in [0.3, 0.4) is 0 Å². The molecule has 0 aromatic heterocycles. The predicted octanol–water partition coefficient (Wildman–Crippen LogP) is 2.20. The first-order valence-electron chi connectivity index (χ1n) is 8.72. The number of nitriles is 1. The van der Waals surface area contributed by atoms with E-state index in [1.807, 2.05) is 24.3 Å². The summed E-state index contributed by atoms with van der Waals surface area (Å²) in [4.78, 5) is 35.7. The number of aliphatic carboxylic acids is 1. The molecule has 0 unspecified atom stereocenters. The van der Waals surface area contributed by atoms with Crippen molar-refractivity contribution in [2.75, 3.05) is 0 Å². The van der Waals surface area contributed by atoms with Crippen LogP contribution in [0.5, 0.6) is 0 Å². The molecule has 27 heavy (non-hydrogen) atoms. The minimum Gasteiger partial charge on any atom is -0.480 e. The number of unbranched alkanes of at least 4 members (excludes halogenated alkanes) is 1. The van der Waals surface area contributed by atoms with Gasteiger partial charge in [-0.3, -0.25) is 4.79 Å². The van der Waals surface area contributed by atoms with Crippen LogP contribution in [0.25, 0.3) is 0 Å². The van der Waals surface area contributed by atoms with E-state index in [4.69, 9.17) is 10.00 Å². The number of rotatable bonds is 10. The summed E-state index contributed by atoms with van der Waals surface area (Å²) in [6, 6.07) is 8.97. The maximum absolute atomic E-state index is 12.4. The van der Waals surface area contributed by atoms with E-state index in [0.717, 1.165) is 5.56 Å². The van der Waals surface area contributed by atoms with Crippen molar-refractivity contribution in [2.45, 2.75) is 51.8 Å². The summed E-state index contributed by atoms with van der Waals surface area (Å²) in [6.45, 7) is 3.52. The Hall–Kier alpha value is -3.08. The minimum atomic E-state index is -1.18. The van der Waals surface area contributed by atoms with E-state index in [-0.39, 0.29) is 25.4 Å². The fourth-order valence-electron chi connectivity index (χ4n) is 2.33. The molecule has 0 aliphatic rings. The highest BCUT2D eigenvalue weighted by Gasteiger charge is 2.28. The number of nitrogens with zero attached hydrogens (tertiary/aromatic N) is 1. The predicted molar refractivity (Wildman–Crippen MR) is 97.4 cm³/mol. The molecule has 0 bridgehead atoms. The van der Waals surface area contributed by atoms with Gasteiger partial charge in [-0.05, 0) is 24.3 Å². The van der Waals surface area contributed by atoms with Crippen molar-refractivity contribution in [3.63, 3.8) is 0 Å². The standard InChI is InChI=1S/C19H25N3O5/c1-13(2)16(17(23)21-15(18(24)25)10-6-7-11-20)22-19(26)27-12-14-8-4-3-5-9-14/h3-5,8-9,13,15-16H,6-7,10,12H2,1-2H3,(H,21,23)(H,22,26)(H,24,25)/t15-,16-/m1/s1. The van der Waals surface area contributed by atoms with Crippen molar-refractivity contribution in [1.29, 1.82) is 5.26 Å². The largest absolute Gasteiger partial charge is 0.480 e. The van der Waals surface area contributed by atoms with Gasteiger partial charge in [0.1, 0.15) is 18.7 Å². The lowest BCUT2D eigenvalue weighted by Crippen LogP contribution is -2.53. The van der Waals surface area contributed by atoms with Gasteiger partial charge in [-0.1, -0.05) is 44.2 Å². The molecule has 0 saturated carbocycles. The number of carboxylic acid groups (broad SMARTS) is 1. The molecule has 146 valence electrons. The second-order valence-corrected chi connectivity index (χ2v) is 6.38. The van der Waals surface area contributed by atoms with Crippen LogP contribution in [-0.2, 0) is 20.9 Å². The Balaban J connectivity index is 2.61. The third-order valence-electron chi connectivity index (χ3n) is 3.83. The summed E-state index contributed by atoms with van der Waals surface area (Å²) in [6.07, 6.45) is -0.0638. The highest BCUT2D eigenvalue weighted by atomic mass is 16.5. The molecule has 2 amide bonds. The molecule has 0 heterocycles. The van der Waals surface area contributed by atoms with E-state index in [1.165, 1.54) is 0 Å². The van der Waals surface area contributed by atoms with Crippen molar-refractivity contribution in [2.24, 2.45) is 5.92 Å². The van der Waals surface area contributed by atoms with Crippen molar-refractivity contribution in [3.05, 3.63) is 35.9 Å². The summed E-state index contributed by atoms with van der Waals surface area (Å²) < 4.78 is 5.11. The number of benzene rings is 1. The van der Waals surface area contributed by atoms with Gasteiger partial charge in [0, 0.05) is 6.42 Å². The molecule has 1 rings (SSSR count). The number of hydrogen-bond donors (Lipinski definition) is 3. The van der Waals surface area contributed by atoms with Gasteiger partial charge in [0.25, 0.3) is 0 Å². The summed E-state index contributed by atoms with van der Waals surface area (Å²) >= 11 is 0. The number of ether oxygens (including phenoxy) is 1. The first kappa shape index (κ1) is 22.0. The molecular formula is C19H25N3O5. The second-order valence-electron chi connectivity index (χ2n) is 6.38. The fourth-order valence-corrected chi connectivity index (χ4v) is 2.33. The van der Waals surface area contributed by atoms with Gasteiger partial charge in [-0.15, -0.1) is 0 Å². The summed E-state index contributed by atoms with van der Waals surface area (Å²) in [5, 5.41) is 22.7. The third kappa shape index (κ3) is 8.23. The number of carbonyl (C=O) groups excluding carboxylic acids is 2. The lowest BCUT2D eigenvalue weighted by molar-refractivity contribution is -0.142. The SMILES string of the molecule is CC(C)[C@@H](NC(=O)OCc1ccccc1)C(=O)N[C@H](CCCC#N)C(=O)O. The van der Waals surface area contributed by atoms with E-state index in [9.17, 15) is 19.5 Å². The van der Waals surface area contributed by atoms with E-state index < -0.39 is 30.1 Å². The Labute approximate surface area is 158 Å². The summed E-state index contributed by atoms with van der Waals surface area (Å²) in [7, 11) is 0. The van der Waals surface area contributed by atoms with Crippen molar-refractivity contribution >= 4 is 18.0 Å². The maximum Gasteiger partial charge on any atom is 0.408 e. The van der Waals surface area contributed by atoms with Crippen LogP contribution < -0.4 is 10.6 Å². The van der Waals surface area contributed by atoms with Crippen LogP contribution in [0.2, 0.25) is 0 Å².